The van der Waals surface area contributed by atoms with E-state index < -0.39 is 5.54 Å². The highest BCUT2D eigenvalue weighted by Gasteiger charge is 2.52. The predicted molar refractivity (Wildman–Crippen MR) is 79.2 cm³/mol. The largest absolute Gasteiger partial charge is 0.340 e. The van der Waals surface area contributed by atoms with Crippen molar-refractivity contribution in [2.75, 3.05) is 0 Å². The Labute approximate surface area is 122 Å². The lowest BCUT2D eigenvalue weighted by Crippen LogP contribution is -2.71. The van der Waals surface area contributed by atoms with Gasteiger partial charge in [-0.1, -0.05) is 34.1 Å². The number of rotatable bonds is 3. The Morgan fingerprint density at radius 1 is 1.25 bits per heavy atom. The summed E-state index contributed by atoms with van der Waals surface area (Å²) in [6.07, 6.45) is 4.61. The van der Waals surface area contributed by atoms with Crippen LogP contribution in [0.4, 0.5) is 0 Å². The summed E-state index contributed by atoms with van der Waals surface area (Å²) < 4.78 is 0. The molecule has 2 amide bonds. The molecule has 0 aromatic rings. The van der Waals surface area contributed by atoms with Gasteiger partial charge in [0.25, 0.3) is 0 Å². The molecule has 2 rings (SSSR count). The lowest BCUT2D eigenvalue weighted by molar-refractivity contribution is -0.159. The number of carbonyl (C=O) groups excluding carboxylic acids is 2. The van der Waals surface area contributed by atoms with Gasteiger partial charge in [-0.2, -0.15) is 0 Å². The number of hydrogen-bond donors (Lipinski definition) is 1. The van der Waals surface area contributed by atoms with Gasteiger partial charge in [-0.05, 0) is 38.0 Å². The van der Waals surface area contributed by atoms with Gasteiger partial charge in [0.2, 0.25) is 11.8 Å². The number of hydrogen-bond acceptors (Lipinski definition) is 2. The Bertz CT molecular complexity index is 419. The molecule has 1 saturated heterocycles. The van der Waals surface area contributed by atoms with E-state index in [1.165, 1.54) is 0 Å². The highest BCUT2D eigenvalue weighted by Crippen LogP contribution is 2.43. The minimum atomic E-state index is -0.735. The minimum absolute atomic E-state index is 0.0131. The minimum Gasteiger partial charge on any atom is -0.340 e. The fourth-order valence-corrected chi connectivity index (χ4v) is 3.77. The molecule has 0 bridgehead atoms. The molecule has 1 aliphatic heterocycles. The first-order valence-corrected chi connectivity index (χ1v) is 7.91. The molecule has 3 unspecified atom stereocenters. The zero-order valence-electron chi connectivity index (χ0n) is 13.5. The quantitative estimate of drug-likeness (QED) is 0.863. The Kier molecular flexibility index (Phi) is 3.87. The first kappa shape index (κ1) is 15.3. The van der Waals surface area contributed by atoms with E-state index in [2.05, 4.69) is 19.2 Å². The van der Waals surface area contributed by atoms with Crippen molar-refractivity contribution in [2.45, 2.75) is 84.3 Å². The molecule has 0 aromatic carbocycles. The standard InChI is InChI=1S/C16H28N2O2/c1-6-11-13(19)17-16(5,7-2)14(20)18(11)12-9-8-10-15(12,3)4/h11-12H,6-10H2,1-5H3,(H,17,19). The fraction of sp³-hybridized carbons (Fsp3) is 0.875. The molecular formula is C16H28N2O2. The van der Waals surface area contributed by atoms with Crippen LogP contribution in [-0.4, -0.2) is 34.3 Å². The molecule has 4 nitrogen and oxygen atoms in total. The number of amides is 2. The molecule has 0 aromatic heterocycles. The zero-order valence-corrected chi connectivity index (χ0v) is 13.5. The lowest BCUT2D eigenvalue weighted by Gasteiger charge is -2.49. The maximum absolute atomic E-state index is 13.0. The van der Waals surface area contributed by atoms with Gasteiger partial charge in [0, 0.05) is 6.04 Å². The molecule has 2 aliphatic rings. The van der Waals surface area contributed by atoms with Crippen LogP contribution in [0.2, 0.25) is 0 Å². The van der Waals surface area contributed by atoms with E-state index in [0.717, 1.165) is 19.3 Å². The summed E-state index contributed by atoms with van der Waals surface area (Å²) in [5.41, 5.74) is -0.628. The van der Waals surface area contributed by atoms with Gasteiger partial charge in [-0.25, -0.2) is 0 Å². The Hall–Kier alpha value is -1.06. The fourth-order valence-electron chi connectivity index (χ4n) is 3.77. The van der Waals surface area contributed by atoms with Gasteiger partial charge in [0.1, 0.15) is 11.6 Å². The van der Waals surface area contributed by atoms with Crippen LogP contribution < -0.4 is 5.32 Å². The van der Waals surface area contributed by atoms with Gasteiger partial charge in [0.15, 0.2) is 0 Å². The third-order valence-corrected chi connectivity index (χ3v) is 5.37. The highest BCUT2D eigenvalue weighted by atomic mass is 16.2. The Morgan fingerprint density at radius 3 is 2.35 bits per heavy atom. The van der Waals surface area contributed by atoms with Crippen LogP contribution in [0.3, 0.4) is 0 Å². The highest BCUT2D eigenvalue weighted by molar-refractivity contribution is 5.99. The molecule has 20 heavy (non-hydrogen) atoms. The van der Waals surface area contributed by atoms with Crippen LogP contribution in [0.5, 0.6) is 0 Å². The monoisotopic (exact) mass is 280 g/mol. The van der Waals surface area contributed by atoms with Crippen molar-refractivity contribution < 1.29 is 9.59 Å². The van der Waals surface area contributed by atoms with Gasteiger partial charge < -0.3 is 10.2 Å². The number of piperazine rings is 1. The second-order valence-corrected chi connectivity index (χ2v) is 7.21. The molecule has 114 valence electrons. The van der Waals surface area contributed by atoms with E-state index in [9.17, 15) is 9.59 Å². The van der Waals surface area contributed by atoms with Crippen LogP contribution in [0.15, 0.2) is 0 Å². The van der Waals surface area contributed by atoms with Gasteiger partial charge >= 0.3 is 0 Å². The van der Waals surface area contributed by atoms with Gasteiger partial charge in [-0.15, -0.1) is 0 Å². The average molecular weight is 280 g/mol. The van der Waals surface area contributed by atoms with Crippen molar-refractivity contribution in [2.24, 2.45) is 5.41 Å². The third-order valence-electron chi connectivity index (χ3n) is 5.37. The van der Waals surface area contributed by atoms with Crippen molar-refractivity contribution in [1.82, 2.24) is 10.2 Å². The number of nitrogens with one attached hydrogen (secondary N) is 1. The molecule has 3 atom stereocenters. The topological polar surface area (TPSA) is 49.4 Å². The lowest BCUT2D eigenvalue weighted by atomic mass is 9.82. The first-order valence-electron chi connectivity index (χ1n) is 7.91. The first-order chi connectivity index (χ1) is 9.27. The molecular weight excluding hydrogens is 252 g/mol. The van der Waals surface area contributed by atoms with Crippen molar-refractivity contribution in [3.8, 4) is 0 Å². The van der Waals surface area contributed by atoms with E-state index in [1.807, 2.05) is 25.7 Å². The van der Waals surface area contributed by atoms with E-state index in [-0.39, 0.29) is 29.3 Å². The SMILES string of the molecule is CCC1C(=O)NC(C)(CC)C(=O)N1C1CCCC1(C)C. The van der Waals surface area contributed by atoms with Gasteiger partial charge in [-0.3, -0.25) is 9.59 Å². The second-order valence-electron chi connectivity index (χ2n) is 7.21. The Balaban J connectivity index is 2.40. The molecule has 1 N–H and O–H groups in total. The van der Waals surface area contributed by atoms with Crippen LogP contribution in [0, 0.1) is 5.41 Å². The van der Waals surface area contributed by atoms with Crippen molar-refractivity contribution in [3.63, 3.8) is 0 Å². The van der Waals surface area contributed by atoms with Crippen LogP contribution >= 0.6 is 0 Å². The van der Waals surface area contributed by atoms with E-state index in [1.54, 1.807) is 0 Å². The summed E-state index contributed by atoms with van der Waals surface area (Å²) in [6.45, 7) is 10.2. The maximum Gasteiger partial charge on any atom is 0.248 e. The van der Waals surface area contributed by atoms with E-state index in [4.69, 9.17) is 0 Å². The maximum atomic E-state index is 13.0. The molecule has 1 heterocycles. The summed E-state index contributed by atoms with van der Waals surface area (Å²) >= 11 is 0. The number of carbonyl (C=O) groups is 2. The smallest absolute Gasteiger partial charge is 0.248 e. The normalized spacial score (nSPS) is 37.1. The van der Waals surface area contributed by atoms with Crippen LogP contribution in [0.1, 0.15) is 66.7 Å². The summed E-state index contributed by atoms with van der Waals surface area (Å²) in [5.74, 6) is 0.116. The zero-order chi connectivity index (χ0) is 15.1. The third kappa shape index (κ3) is 2.23. The summed E-state index contributed by atoms with van der Waals surface area (Å²) in [5, 5.41) is 2.94. The van der Waals surface area contributed by atoms with Gasteiger partial charge in [0.05, 0.1) is 0 Å². The van der Waals surface area contributed by atoms with Crippen molar-refractivity contribution >= 4 is 11.8 Å². The van der Waals surface area contributed by atoms with E-state index >= 15 is 0 Å². The molecule has 1 saturated carbocycles. The Morgan fingerprint density at radius 2 is 1.90 bits per heavy atom. The molecule has 0 radical (unpaired) electrons. The number of nitrogens with zero attached hydrogens (tertiary/aromatic N) is 1. The summed E-state index contributed by atoms with van der Waals surface area (Å²) in [6, 6.07) is -0.110. The molecule has 2 fully saturated rings. The summed E-state index contributed by atoms with van der Waals surface area (Å²) in [7, 11) is 0. The van der Waals surface area contributed by atoms with E-state index in [0.29, 0.717) is 12.8 Å². The van der Waals surface area contributed by atoms with Crippen molar-refractivity contribution in [3.05, 3.63) is 0 Å². The van der Waals surface area contributed by atoms with Crippen LogP contribution in [0.25, 0.3) is 0 Å². The average Bonchev–Trinajstić information content (AvgIpc) is 2.73. The molecule has 4 heteroatoms. The second kappa shape index (κ2) is 5.05. The summed E-state index contributed by atoms with van der Waals surface area (Å²) in [4.78, 5) is 27.3. The predicted octanol–water partition coefficient (Wildman–Crippen LogP) is 2.47. The van der Waals surface area contributed by atoms with Crippen molar-refractivity contribution in [1.29, 1.82) is 0 Å². The van der Waals surface area contributed by atoms with Crippen LogP contribution in [-0.2, 0) is 9.59 Å². The molecule has 0 spiro atoms. The molecule has 1 aliphatic carbocycles.